The highest BCUT2D eigenvalue weighted by molar-refractivity contribution is 6.21. The quantitative estimate of drug-likeness (QED) is 0.861. The molecular weight excluding hydrogens is 313 g/mol. The molecule has 5 nitrogen and oxygen atoms in total. The lowest BCUT2D eigenvalue weighted by Crippen LogP contribution is -2.32. The first-order valence-electron chi connectivity index (χ1n) is 6.66. The van der Waals surface area contributed by atoms with Crippen molar-refractivity contribution in [2.45, 2.75) is 19.1 Å². The molecular formula is C15H11F3N2O3. The van der Waals surface area contributed by atoms with E-state index in [1.165, 1.54) is 6.92 Å². The average molecular weight is 324 g/mol. The number of rotatable bonds is 2. The van der Waals surface area contributed by atoms with E-state index in [-0.39, 0.29) is 5.76 Å². The fourth-order valence-electron chi connectivity index (χ4n) is 2.45. The minimum Gasteiger partial charge on any atom is -0.455 e. The number of carbonyl (C=O) groups excluding carboxylic acids is 2. The number of hydrogen-bond donors (Lipinski definition) is 1. The van der Waals surface area contributed by atoms with E-state index in [4.69, 9.17) is 0 Å². The molecule has 0 spiro atoms. The second kappa shape index (κ2) is 5.15. The zero-order chi connectivity index (χ0) is 16.8. The Labute approximate surface area is 128 Å². The predicted octanol–water partition coefficient (Wildman–Crippen LogP) is 3.40. The number of anilines is 1. The molecule has 2 heterocycles. The van der Waals surface area contributed by atoms with Crippen LogP contribution in [0, 0.1) is 6.92 Å². The molecule has 2 aromatic rings. The number of benzene rings is 1. The number of aryl methyl sites for hydroxylation is 1. The van der Waals surface area contributed by atoms with Gasteiger partial charge in [-0.2, -0.15) is 13.2 Å². The molecule has 1 aliphatic rings. The third-order valence-electron chi connectivity index (χ3n) is 3.41. The van der Waals surface area contributed by atoms with Crippen LogP contribution in [-0.2, 0) is 11.0 Å². The van der Waals surface area contributed by atoms with Crippen LogP contribution in [0.2, 0.25) is 0 Å². The summed E-state index contributed by atoms with van der Waals surface area (Å²) >= 11 is 0. The molecule has 1 aromatic heterocycles. The van der Waals surface area contributed by atoms with E-state index >= 15 is 0 Å². The normalized spacial score (nSPS) is 18.4. The van der Waals surface area contributed by atoms with E-state index < -0.39 is 35.6 Å². The molecule has 1 unspecified atom stereocenters. The average Bonchev–Trinajstić information content (AvgIpc) is 3.00. The summed E-state index contributed by atoms with van der Waals surface area (Å²) in [4.78, 5) is 25.0. The Morgan fingerprint density at radius 2 is 1.83 bits per heavy atom. The number of hydrogen-bond acceptors (Lipinski definition) is 3. The highest BCUT2D eigenvalue weighted by Gasteiger charge is 2.47. The van der Waals surface area contributed by atoms with Gasteiger partial charge in [-0.25, -0.2) is 9.69 Å². The first-order chi connectivity index (χ1) is 10.8. The summed E-state index contributed by atoms with van der Waals surface area (Å²) in [7, 11) is 0. The maximum absolute atomic E-state index is 13.0. The van der Waals surface area contributed by atoms with Gasteiger partial charge < -0.3 is 9.73 Å². The Kier molecular flexibility index (Phi) is 3.39. The number of nitrogens with zero attached hydrogens (tertiary/aromatic N) is 1. The van der Waals surface area contributed by atoms with E-state index in [9.17, 15) is 22.8 Å². The zero-order valence-corrected chi connectivity index (χ0v) is 11.8. The number of urea groups is 1. The first-order valence-corrected chi connectivity index (χ1v) is 6.66. The van der Waals surface area contributed by atoms with Gasteiger partial charge >= 0.3 is 12.2 Å². The van der Waals surface area contributed by atoms with Crippen molar-refractivity contribution in [3.63, 3.8) is 0 Å². The van der Waals surface area contributed by atoms with Gasteiger partial charge in [0.25, 0.3) is 5.91 Å². The van der Waals surface area contributed by atoms with E-state index in [0.717, 1.165) is 6.07 Å². The molecule has 0 bridgehead atoms. The second-order valence-electron chi connectivity index (χ2n) is 5.04. The molecule has 0 saturated carbocycles. The lowest BCUT2D eigenvalue weighted by Gasteiger charge is -2.14. The Morgan fingerprint density at radius 1 is 1.17 bits per heavy atom. The number of halogens is 3. The third-order valence-corrected chi connectivity index (χ3v) is 3.41. The second-order valence-corrected chi connectivity index (χ2v) is 5.04. The van der Waals surface area contributed by atoms with Gasteiger partial charge in [-0.1, -0.05) is 30.3 Å². The summed E-state index contributed by atoms with van der Waals surface area (Å²) in [6.07, 6.45) is -4.81. The molecule has 1 aromatic carbocycles. The van der Waals surface area contributed by atoms with Gasteiger partial charge in [0.2, 0.25) is 5.76 Å². The number of nitrogens with one attached hydrogen (secondary N) is 1. The smallest absolute Gasteiger partial charge is 0.451 e. The van der Waals surface area contributed by atoms with Gasteiger partial charge in [-0.05, 0) is 12.5 Å². The van der Waals surface area contributed by atoms with Crippen molar-refractivity contribution in [1.82, 2.24) is 5.32 Å². The summed E-state index contributed by atoms with van der Waals surface area (Å²) in [5.41, 5.74) is -0.113. The van der Waals surface area contributed by atoms with Gasteiger partial charge in [-0.15, -0.1) is 0 Å². The van der Waals surface area contributed by atoms with E-state index in [2.05, 4.69) is 9.73 Å². The SMILES string of the molecule is Cc1cc(N2C(=O)NC(c3ccccc3)C2=O)c(C(F)(F)F)o1. The van der Waals surface area contributed by atoms with Crippen LogP contribution in [0.1, 0.15) is 23.1 Å². The number of furan rings is 1. The Morgan fingerprint density at radius 3 is 2.43 bits per heavy atom. The van der Waals surface area contributed by atoms with Crippen molar-refractivity contribution in [3.05, 3.63) is 53.5 Å². The van der Waals surface area contributed by atoms with Crippen molar-refractivity contribution in [1.29, 1.82) is 0 Å². The summed E-state index contributed by atoms with van der Waals surface area (Å²) in [6, 6.07) is 7.35. The fourth-order valence-corrected chi connectivity index (χ4v) is 2.45. The fraction of sp³-hybridized carbons (Fsp3) is 0.200. The molecule has 3 rings (SSSR count). The standard InChI is InChI=1S/C15H11F3N2O3/c1-8-7-10(12(23-8)15(16,17)18)20-13(21)11(19-14(20)22)9-5-3-2-4-6-9/h2-7,11H,1H3,(H,19,22). The summed E-state index contributed by atoms with van der Waals surface area (Å²) < 4.78 is 43.7. The summed E-state index contributed by atoms with van der Waals surface area (Å²) in [5.74, 6) is -2.20. The molecule has 0 aliphatic carbocycles. The molecule has 3 amide bonds. The number of amides is 3. The maximum atomic E-state index is 13.0. The maximum Gasteiger partial charge on any atom is 0.451 e. The van der Waals surface area contributed by atoms with Crippen LogP contribution in [0.5, 0.6) is 0 Å². The van der Waals surface area contributed by atoms with Crippen molar-refractivity contribution in [3.8, 4) is 0 Å². The molecule has 1 saturated heterocycles. The molecule has 0 radical (unpaired) electrons. The van der Waals surface area contributed by atoms with Crippen molar-refractivity contribution in [2.75, 3.05) is 4.90 Å². The van der Waals surface area contributed by atoms with Gasteiger partial charge in [0.05, 0.1) is 0 Å². The van der Waals surface area contributed by atoms with Gasteiger partial charge in [0, 0.05) is 6.07 Å². The van der Waals surface area contributed by atoms with Crippen LogP contribution in [0.25, 0.3) is 0 Å². The highest BCUT2D eigenvalue weighted by atomic mass is 19.4. The molecule has 8 heteroatoms. The molecule has 23 heavy (non-hydrogen) atoms. The topological polar surface area (TPSA) is 62.6 Å². The summed E-state index contributed by atoms with van der Waals surface area (Å²) in [6.45, 7) is 1.31. The predicted molar refractivity (Wildman–Crippen MR) is 73.6 cm³/mol. The molecule has 120 valence electrons. The lowest BCUT2D eigenvalue weighted by atomic mass is 10.1. The van der Waals surface area contributed by atoms with Gasteiger partial charge in [0.1, 0.15) is 17.5 Å². The van der Waals surface area contributed by atoms with Crippen LogP contribution in [0.4, 0.5) is 23.7 Å². The highest BCUT2D eigenvalue weighted by Crippen LogP contribution is 2.40. The van der Waals surface area contributed by atoms with E-state index in [0.29, 0.717) is 10.5 Å². The van der Waals surface area contributed by atoms with Crippen LogP contribution < -0.4 is 10.2 Å². The minimum atomic E-state index is -4.81. The minimum absolute atomic E-state index is 0.0453. The van der Waals surface area contributed by atoms with Crippen LogP contribution in [-0.4, -0.2) is 11.9 Å². The van der Waals surface area contributed by atoms with Crippen molar-refractivity contribution < 1.29 is 27.2 Å². The van der Waals surface area contributed by atoms with Crippen molar-refractivity contribution in [2.24, 2.45) is 0 Å². The van der Waals surface area contributed by atoms with Crippen LogP contribution in [0.3, 0.4) is 0 Å². The van der Waals surface area contributed by atoms with Crippen LogP contribution >= 0.6 is 0 Å². The molecule has 1 atom stereocenters. The zero-order valence-electron chi connectivity index (χ0n) is 11.8. The van der Waals surface area contributed by atoms with Gasteiger partial charge in [0.15, 0.2) is 0 Å². The van der Waals surface area contributed by atoms with Crippen LogP contribution in [0.15, 0.2) is 40.8 Å². The molecule has 1 N–H and O–H groups in total. The monoisotopic (exact) mass is 324 g/mol. The number of imide groups is 1. The lowest BCUT2D eigenvalue weighted by molar-refractivity contribution is -0.152. The Balaban J connectivity index is 2.02. The Hall–Kier alpha value is -2.77. The van der Waals surface area contributed by atoms with Crippen molar-refractivity contribution >= 4 is 17.6 Å². The van der Waals surface area contributed by atoms with Gasteiger partial charge in [-0.3, -0.25) is 4.79 Å². The first kappa shape index (κ1) is 15.1. The third kappa shape index (κ3) is 2.56. The summed E-state index contributed by atoms with van der Waals surface area (Å²) in [5, 5.41) is 2.38. The number of carbonyl (C=O) groups is 2. The number of alkyl halides is 3. The van der Waals surface area contributed by atoms with E-state index in [1.54, 1.807) is 30.3 Å². The molecule has 1 aliphatic heterocycles. The molecule has 1 fully saturated rings. The van der Waals surface area contributed by atoms with E-state index in [1.807, 2.05) is 0 Å². The Bertz CT molecular complexity index is 768. The largest absolute Gasteiger partial charge is 0.455 e.